The van der Waals surface area contributed by atoms with Gasteiger partial charge in [0.2, 0.25) is 11.8 Å². The van der Waals surface area contributed by atoms with Crippen LogP contribution in [0.2, 0.25) is 0 Å². The number of aliphatic hydroxyl groups excluding tert-OH is 5. The number of rotatable bonds is 9. The van der Waals surface area contributed by atoms with Crippen LogP contribution in [0.25, 0.3) is 0 Å². The van der Waals surface area contributed by atoms with Crippen molar-refractivity contribution < 1.29 is 49.4 Å². The summed E-state index contributed by atoms with van der Waals surface area (Å²) in [7, 11) is 1.12. The van der Waals surface area contributed by atoms with Gasteiger partial charge in [0.1, 0.15) is 24.0 Å². The smallest absolute Gasteiger partial charge is 0.361 e. The maximum Gasteiger partial charge on any atom is 0.361 e. The van der Waals surface area contributed by atoms with Crippen LogP contribution in [0.3, 0.4) is 0 Å². The van der Waals surface area contributed by atoms with Gasteiger partial charge in [0.15, 0.2) is 0 Å². The summed E-state index contributed by atoms with van der Waals surface area (Å²) >= 11 is 0. The molecule has 7 N–H and O–H groups in total. The van der Waals surface area contributed by atoms with Crippen molar-refractivity contribution in [2.24, 2.45) is 50.2 Å². The number of carbonyl (C=O) groups is 3. The van der Waals surface area contributed by atoms with Crippen molar-refractivity contribution in [3.05, 3.63) is 23.5 Å². The zero-order valence-corrected chi connectivity index (χ0v) is 37.2. The van der Waals surface area contributed by atoms with Crippen molar-refractivity contribution in [3.63, 3.8) is 0 Å². The van der Waals surface area contributed by atoms with Crippen molar-refractivity contribution in [3.8, 4) is 0 Å². The van der Waals surface area contributed by atoms with Gasteiger partial charge in [-0.15, -0.1) is 5.10 Å². The Balaban J connectivity index is 1.15. The summed E-state index contributed by atoms with van der Waals surface area (Å²) in [5.41, 5.74) is -0.998. The van der Waals surface area contributed by atoms with Crippen LogP contribution in [0, 0.1) is 50.2 Å². The van der Waals surface area contributed by atoms with Gasteiger partial charge in [0.05, 0.1) is 50.1 Å². The first-order valence-electron chi connectivity index (χ1n) is 22.2. The van der Waals surface area contributed by atoms with E-state index >= 15 is 0 Å². The highest BCUT2D eigenvalue weighted by molar-refractivity contribution is 5.84. The molecule has 0 aromatic carbocycles. The van der Waals surface area contributed by atoms with Crippen molar-refractivity contribution >= 4 is 17.8 Å². The van der Waals surface area contributed by atoms with E-state index in [9.17, 15) is 39.9 Å². The van der Waals surface area contributed by atoms with Gasteiger partial charge >= 0.3 is 5.97 Å². The second kappa shape index (κ2) is 15.4. The first-order chi connectivity index (χ1) is 28.0. The Labute approximate surface area is 354 Å². The average molecular weight is 842 g/mol. The summed E-state index contributed by atoms with van der Waals surface area (Å²) in [6, 6.07) is -1.26. The lowest BCUT2D eigenvalue weighted by atomic mass is 9.33. The van der Waals surface area contributed by atoms with E-state index in [0.717, 1.165) is 76.0 Å². The molecule has 5 fully saturated rings. The molecule has 0 radical (unpaired) electrons. The number of fused-ring (bicyclic) bond motifs is 7. The van der Waals surface area contributed by atoms with Crippen LogP contribution in [0.15, 0.2) is 17.8 Å². The number of hydrogen-bond donors (Lipinski definition) is 7. The molecule has 15 nitrogen and oxygen atoms in total. The number of hydrogen-bond acceptors (Lipinski definition) is 12. The van der Waals surface area contributed by atoms with Gasteiger partial charge in [0, 0.05) is 13.3 Å². The van der Waals surface area contributed by atoms with Gasteiger partial charge in [-0.25, -0.2) is 9.48 Å². The molecule has 0 spiro atoms. The summed E-state index contributed by atoms with van der Waals surface area (Å²) in [5.74, 6) is -0.564. The van der Waals surface area contributed by atoms with Crippen LogP contribution in [-0.2, 0) is 36.1 Å². The fourth-order valence-corrected chi connectivity index (χ4v) is 14.1. The molecule has 6 aliphatic rings. The molecule has 1 saturated heterocycles. The molecule has 15 heteroatoms. The fraction of sp³-hybridized carbons (Fsp3) is 0.844. The molecular weight excluding hydrogens is 771 g/mol. The predicted octanol–water partition coefficient (Wildman–Crippen LogP) is 3.25. The summed E-state index contributed by atoms with van der Waals surface area (Å²) in [4.78, 5) is 40.5. The van der Waals surface area contributed by atoms with Crippen LogP contribution in [0.5, 0.6) is 0 Å². The van der Waals surface area contributed by atoms with Crippen LogP contribution in [0.1, 0.15) is 132 Å². The second-order valence-corrected chi connectivity index (χ2v) is 21.7. The minimum Gasteiger partial charge on any atom is -0.465 e. The zero-order chi connectivity index (χ0) is 44.0. The SMILES string of the molecule is COC(=O)[C@@]1(n2cc(CNC(=O)[C@]34CCC(C)(C)C[C@@H]3C3=CC[C@@H]5[C@@]6(C)CC[C@H](O)C(C)(C)[C@@H]6CC[C@@]5(C)[C@]3(C)CC4)nn2)C[C@H](O)[C@@H](NC(C)=O)[C@H]([C@H](O)[C@H](O)CO)O1. The summed E-state index contributed by atoms with van der Waals surface area (Å²) < 4.78 is 12.3. The molecular formula is C45H71N5O10. The third-order valence-electron chi connectivity index (χ3n) is 17.8. The quantitative estimate of drug-likeness (QED) is 0.141. The Bertz CT molecular complexity index is 1870. The first-order valence-corrected chi connectivity index (χ1v) is 22.2. The van der Waals surface area contributed by atoms with E-state index in [1.165, 1.54) is 18.7 Å². The molecule has 1 aromatic heterocycles. The Morgan fingerprint density at radius 2 is 1.67 bits per heavy atom. The third kappa shape index (κ3) is 6.78. The standard InChI is InChI=1S/C45H71N5O10/c1-25(52)47-34-29(53)21-45(38(58)59-9,60-36(34)35(56)30(54)24-51)50-23-26(48-49-50)22-46-37(57)44-18-16-39(2,3)20-28(44)27-10-11-32-41(6)14-13-33(55)40(4,5)31(41)12-15-43(32,8)42(27,7)17-19-44/h10,23,28-36,51,53-56H,11-22,24H2,1-9H3,(H,46,57)(H,47,52)/t28-,29+,30-,31+,32-,33+,34-,35-,36-,41+,42-,43-,44+,45-/m1/s1. The number of ether oxygens (including phenoxy) is 2. The number of nitrogens with one attached hydrogen (secondary N) is 2. The van der Waals surface area contributed by atoms with Crippen LogP contribution < -0.4 is 10.6 Å². The molecule has 2 amide bonds. The Hall–Kier alpha value is -2.95. The van der Waals surface area contributed by atoms with E-state index in [4.69, 9.17) is 9.47 Å². The molecule has 2 heterocycles. The number of nitrogens with zero attached hydrogens (tertiary/aromatic N) is 3. The molecule has 5 aliphatic carbocycles. The highest BCUT2D eigenvalue weighted by Crippen LogP contribution is 2.75. The van der Waals surface area contributed by atoms with Gasteiger partial charge in [-0.2, -0.15) is 0 Å². The number of amides is 2. The minimum absolute atomic E-state index is 0.00220. The van der Waals surface area contributed by atoms with Gasteiger partial charge in [-0.3, -0.25) is 9.59 Å². The third-order valence-corrected chi connectivity index (χ3v) is 17.8. The molecule has 14 atom stereocenters. The number of aromatic nitrogens is 3. The average Bonchev–Trinajstić information content (AvgIpc) is 3.68. The van der Waals surface area contributed by atoms with Gasteiger partial charge < -0.3 is 45.6 Å². The number of carbonyl (C=O) groups excluding carboxylic acids is 3. The maximum absolute atomic E-state index is 14.9. The molecule has 4 saturated carbocycles. The molecule has 1 aliphatic heterocycles. The van der Waals surface area contributed by atoms with Gasteiger partial charge in [-0.1, -0.05) is 65.3 Å². The normalized spacial score (nSPS) is 42.8. The number of aliphatic hydroxyl groups is 5. The lowest BCUT2D eigenvalue weighted by Gasteiger charge is -2.71. The first kappa shape index (κ1) is 45.1. The van der Waals surface area contributed by atoms with E-state index in [1.807, 2.05) is 0 Å². The summed E-state index contributed by atoms with van der Waals surface area (Å²) in [6.45, 7) is 17.1. The summed E-state index contributed by atoms with van der Waals surface area (Å²) in [5, 5.41) is 67.5. The van der Waals surface area contributed by atoms with Crippen molar-refractivity contribution in [2.45, 2.75) is 175 Å². The number of esters is 1. The van der Waals surface area contributed by atoms with Crippen LogP contribution in [0.4, 0.5) is 0 Å². The molecule has 7 rings (SSSR count). The van der Waals surface area contributed by atoms with Crippen molar-refractivity contribution in [1.29, 1.82) is 0 Å². The van der Waals surface area contributed by atoms with E-state index in [2.05, 4.69) is 75.5 Å². The zero-order valence-electron chi connectivity index (χ0n) is 37.2. The molecule has 1 aromatic rings. The van der Waals surface area contributed by atoms with E-state index in [-0.39, 0.29) is 51.5 Å². The number of methoxy groups -OCH3 is 1. The Kier molecular flexibility index (Phi) is 11.6. The molecule has 0 unspecified atom stereocenters. The van der Waals surface area contributed by atoms with Gasteiger partial charge in [0.25, 0.3) is 5.72 Å². The number of allylic oxidation sites excluding steroid dienone is 2. The van der Waals surface area contributed by atoms with E-state index in [1.54, 1.807) is 0 Å². The van der Waals surface area contributed by atoms with Crippen molar-refractivity contribution in [1.82, 2.24) is 25.6 Å². The molecule has 0 bridgehead atoms. The van der Waals surface area contributed by atoms with Crippen LogP contribution >= 0.6 is 0 Å². The van der Waals surface area contributed by atoms with Gasteiger partial charge in [-0.05, 0) is 109 Å². The monoisotopic (exact) mass is 842 g/mol. The summed E-state index contributed by atoms with van der Waals surface area (Å²) in [6.07, 6.45) is 5.92. The minimum atomic E-state index is -2.18. The van der Waals surface area contributed by atoms with E-state index in [0.29, 0.717) is 17.5 Å². The van der Waals surface area contributed by atoms with E-state index < -0.39 is 66.5 Å². The Morgan fingerprint density at radius 3 is 2.33 bits per heavy atom. The Morgan fingerprint density at radius 1 is 0.967 bits per heavy atom. The second-order valence-electron chi connectivity index (χ2n) is 21.7. The lowest BCUT2D eigenvalue weighted by molar-refractivity contribution is -0.260. The molecule has 336 valence electrons. The highest BCUT2D eigenvalue weighted by atomic mass is 16.6. The van der Waals surface area contributed by atoms with Crippen molar-refractivity contribution in [2.75, 3.05) is 13.7 Å². The largest absolute Gasteiger partial charge is 0.465 e. The lowest BCUT2D eigenvalue weighted by Crippen LogP contribution is -2.67. The van der Waals surface area contributed by atoms with Crippen LogP contribution in [-0.4, -0.2) is 109 Å². The molecule has 60 heavy (non-hydrogen) atoms. The maximum atomic E-state index is 14.9. The fourth-order valence-electron chi connectivity index (χ4n) is 14.1. The predicted molar refractivity (Wildman–Crippen MR) is 219 cm³/mol. The topological polar surface area (TPSA) is 226 Å². The highest BCUT2D eigenvalue weighted by Gasteiger charge is 2.69.